The minimum absolute atomic E-state index is 0.972. The smallest absolute Gasteiger partial charge is 0.0319 e. The lowest BCUT2D eigenvalue weighted by Crippen LogP contribution is -2.04. The van der Waals surface area contributed by atoms with Crippen molar-refractivity contribution < 1.29 is 0 Å². The van der Waals surface area contributed by atoms with Gasteiger partial charge in [0.15, 0.2) is 0 Å². The second-order valence-electron chi connectivity index (χ2n) is 3.40. The first-order valence-corrected chi connectivity index (χ1v) is 4.71. The molecule has 1 aliphatic carbocycles. The molecule has 0 nitrogen and oxygen atoms in total. The summed E-state index contributed by atoms with van der Waals surface area (Å²) in [5.74, 6) is 0.972. The third-order valence-electron chi connectivity index (χ3n) is 2.47. The van der Waals surface area contributed by atoms with Crippen molar-refractivity contribution in [2.75, 3.05) is 0 Å². The molecule has 1 fully saturated rings. The van der Waals surface area contributed by atoms with E-state index in [9.17, 15) is 0 Å². The highest BCUT2D eigenvalue weighted by Crippen LogP contribution is 2.26. The molecule has 0 spiro atoms. The van der Waals surface area contributed by atoms with Crippen LogP contribution in [0.2, 0.25) is 0 Å². The van der Waals surface area contributed by atoms with Gasteiger partial charge >= 0.3 is 0 Å². The van der Waals surface area contributed by atoms with Crippen molar-refractivity contribution in [2.45, 2.75) is 38.5 Å². The molecule has 0 saturated heterocycles. The van der Waals surface area contributed by atoms with Gasteiger partial charge in [0.2, 0.25) is 0 Å². The van der Waals surface area contributed by atoms with Crippen LogP contribution in [0.15, 0.2) is 24.8 Å². The molecule has 0 bridgehead atoms. The summed E-state index contributed by atoms with van der Waals surface area (Å²) in [4.78, 5) is 0. The maximum atomic E-state index is 3.66. The number of hydrogen-bond acceptors (Lipinski definition) is 0. The Morgan fingerprint density at radius 3 is 2.55 bits per heavy atom. The standard InChI is InChI=1S/C11H18/c1-2-3-5-8-11-9-6-4-7-10-11/h2-3,5,11H,1,4,6-10H2. The van der Waals surface area contributed by atoms with Crippen molar-refractivity contribution in [1.29, 1.82) is 0 Å². The summed E-state index contributed by atoms with van der Waals surface area (Å²) >= 11 is 0. The quantitative estimate of drug-likeness (QED) is 0.538. The second-order valence-corrected chi connectivity index (χ2v) is 3.40. The summed E-state index contributed by atoms with van der Waals surface area (Å²) in [6.07, 6.45) is 14.7. The first-order chi connectivity index (χ1) is 5.43. The second kappa shape index (κ2) is 5.17. The molecule has 0 aromatic carbocycles. The fraction of sp³-hybridized carbons (Fsp3) is 0.636. The molecule has 0 N–H and O–H groups in total. The van der Waals surface area contributed by atoms with E-state index in [1.165, 1.54) is 38.5 Å². The van der Waals surface area contributed by atoms with Gasteiger partial charge < -0.3 is 0 Å². The highest BCUT2D eigenvalue weighted by Gasteiger charge is 2.10. The predicted molar refractivity (Wildman–Crippen MR) is 50.5 cm³/mol. The van der Waals surface area contributed by atoms with E-state index in [4.69, 9.17) is 0 Å². The van der Waals surface area contributed by atoms with Crippen LogP contribution in [0.1, 0.15) is 38.5 Å². The van der Waals surface area contributed by atoms with Crippen LogP contribution in [0, 0.1) is 5.92 Å². The van der Waals surface area contributed by atoms with Crippen LogP contribution in [-0.2, 0) is 0 Å². The molecule has 0 unspecified atom stereocenters. The van der Waals surface area contributed by atoms with Crippen molar-refractivity contribution in [3.63, 3.8) is 0 Å². The summed E-state index contributed by atoms with van der Waals surface area (Å²) in [7, 11) is 0. The summed E-state index contributed by atoms with van der Waals surface area (Å²) in [6.45, 7) is 3.66. The van der Waals surface area contributed by atoms with Gasteiger partial charge in [0.1, 0.15) is 0 Å². The third kappa shape index (κ3) is 3.41. The molecule has 11 heavy (non-hydrogen) atoms. The van der Waals surface area contributed by atoms with Crippen molar-refractivity contribution in [2.24, 2.45) is 5.92 Å². The Kier molecular flexibility index (Phi) is 4.03. The van der Waals surface area contributed by atoms with Gasteiger partial charge in [0.05, 0.1) is 0 Å². The molecule has 0 atom stereocenters. The monoisotopic (exact) mass is 150 g/mol. The minimum Gasteiger partial charge on any atom is -0.0991 e. The fourth-order valence-electron chi connectivity index (χ4n) is 1.79. The molecule has 0 aromatic rings. The molecule has 0 aromatic heterocycles. The zero-order valence-electron chi connectivity index (χ0n) is 7.26. The van der Waals surface area contributed by atoms with Gasteiger partial charge in [-0.1, -0.05) is 56.9 Å². The van der Waals surface area contributed by atoms with Crippen molar-refractivity contribution in [3.8, 4) is 0 Å². The van der Waals surface area contributed by atoms with Crippen molar-refractivity contribution in [3.05, 3.63) is 24.8 Å². The fourth-order valence-corrected chi connectivity index (χ4v) is 1.79. The van der Waals surface area contributed by atoms with Crippen molar-refractivity contribution in [1.82, 2.24) is 0 Å². The molecule has 1 rings (SSSR count). The average Bonchev–Trinajstić information content (AvgIpc) is 2.07. The Morgan fingerprint density at radius 2 is 1.91 bits per heavy atom. The Labute approximate surface area is 70.0 Å². The lowest BCUT2D eigenvalue weighted by Gasteiger charge is -2.19. The molecular formula is C11H18. The van der Waals surface area contributed by atoms with E-state index in [0.29, 0.717) is 0 Å². The van der Waals surface area contributed by atoms with E-state index < -0.39 is 0 Å². The van der Waals surface area contributed by atoms with Crippen LogP contribution < -0.4 is 0 Å². The summed E-state index contributed by atoms with van der Waals surface area (Å²) in [5.41, 5.74) is 0. The van der Waals surface area contributed by atoms with Crippen LogP contribution >= 0.6 is 0 Å². The van der Waals surface area contributed by atoms with Crippen molar-refractivity contribution >= 4 is 0 Å². The highest BCUT2D eigenvalue weighted by atomic mass is 14.2. The van der Waals surface area contributed by atoms with E-state index in [1.807, 2.05) is 6.08 Å². The summed E-state index contributed by atoms with van der Waals surface area (Å²) < 4.78 is 0. The zero-order valence-corrected chi connectivity index (χ0v) is 7.26. The molecule has 0 amide bonds. The molecule has 1 aliphatic rings. The van der Waals surface area contributed by atoms with Crippen LogP contribution in [-0.4, -0.2) is 0 Å². The first kappa shape index (κ1) is 8.58. The number of rotatable bonds is 3. The Morgan fingerprint density at radius 1 is 1.18 bits per heavy atom. The Bertz CT molecular complexity index is 127. The highest BCUT2D eigenvalue weighted by molar-refractivity contribution is 4.97. The molecular weight excluding hydrogens is 132 g/mol. The van der Waals surface area contributed by atoms with Gasteiger partial charge in [-0.05, 0) is 12.3 Å². The minimum atomic E-state index is 0.972. The predicted octanol–water partition coefficient (Wildman–Crippen LogP) is 3.70. The zero-order chi connectivity index (χ0) is 7.94. The number of hydrogen-bond donors (Lipinski definition) is 0. The first-order valence-electron chi connectivity index (χ1n) is 4.71. The van der Waals surface area contributed by atoms with E-state index in [1.54, 1.807) is 0 Å². The molecule has 1 saturated carbocycles. The lowest BCUT2D eigenvalue weighted by atomic mass is 9.87. The molecule has 0 heteroatoms. The SMILES string of the molecule is C=CC=CCC1CCCCC1. The summed E-state index contributed by atoms with van der Waals surface area (Å²) in [6, 6.07) is 0. The molecule has 0 radical (unpaired) electrons. The molecule has 0 aliphatic heterocycles. The van der Waals surface area contributed by atoms with Crippen LogP contribution in [0.4, 0.5) is 0 Å². The largest absolute Gasteiger partial charge is 0.0991 e. The molecule has 0 heterocycles. The Hall–Kier alpha value is -0.520. The van der Waals surface area contributed by atoms with Gasteiger partial charge in [0, 0.05) is 0 Å². The lowest BCUT2D eigenvalue weighted by molar-refractivity contribution is 0.361. The summed E-state index contributed by atoms with van der Waals surface area (Å²) in [5, 5.41) is 0. The van der Waals surface area contributed by atoms with Crippen LogP contribution in [0.5, 0.6) is 0 Å². The van der Waals surface area contributed by atoms with Gasteiger partial charge in [0.25, 0.3) is 0 Å². The topological polar surface area (TPSA) is 0 Å². The molecule has 62 valence electrons. The van der Waals surface area contributed by atoms with Crippen LogP contribution in [0.25, 0.3) is 0 Å². The normalized spacial score (nSPS) is 20.7. The maximum absolute atomic E-state index is 3.66. The van der Waals surface area contributed by atoms with Gasteiger partial charge in [-0.2, -0.15) is 0 Å². The van der Waals surface area contributed by atoms with Gasteiger partial charge in [-0.25, -0.2) is 0 Å². The van der Waals surface area contributed by atoms with E-state index in [2.05, 4.69) is 18.7 Å². The van der Waals surface area contributed by atoms with Crippen LogP contribution in [0.3, 0.4) is 0 Å². The third-order valence-corrected chi connectivity index (χ3v) is 2.47. The van der Waals surface area contributed by atoms with E-state index in [0.717, 1.165) is 5.92 Å². The van der Waals surface area contributed by atoms with E-state index in [-0.39, 0.29) is 0 Å². The average molecular weight is 150 g/mol. The Balaban J connectivity index is 2.14. The van der Waals surface area contributed by atoms with Gasteiger partial charge in [-0.15, -0.1) is 0 Å². The van der Waals surface area contributed by atoms with E-state index >= 15 is 0 Å². The maximum Gasteiger partial charge on any atom is -0.0319 e. The van der Waals surface area contributed by atoms with Gasteiger partial charge in [-0.3, -0.25) is 0 Å². The number of allylic oxidation sites excluding steroid dienone is 3.